The molecule has 0 aromatic heterocycles. The Morgan fingerprint density at radius 2 is 2.04 bits per heavy atom. The zero-order chi connectivity index (χ0) is 18.3. The molecule has 0 unspecified atom stereocenters. The molecule has 1 saturated carbocycles. The van der Waals surface area contributed by atoms with Crippen LogP contribution >= 0.6 is 0 Å². The molecule has 0 bridgehead atoms. The highest BCUT2D eigenvalue weighted by Crippen LogP contribution is 2.52. The lowest BCUT2D eigenvalue weighted by atomic mass is 9.61. The molecule has 3 fully saturated rings. The maximum absolute atomic E-state index is 13.7. The van der Waals surface area contributed by atoms with Crippen molar-refractivity contribution in [2.24, 2.45) is 11.3 Å². The van der Waals surface area contributed by atoms with E-state index in [0.717, 1.165) is 44.3 Å². The lowest BCUT2D eigenvalue weighted by Gasteiger charge is -2.45. The molecule has 0 atom stereocenters. The van der Waals surface area contributed by atoms with E-state index in [-0.39, 0.29) is 29.0 Å². The van der Waals surface area contributed by atoms with Gasteiger partial charge in [-0.25, -0.2) is 4.39 Å². The Morgan fingerprint density at radius 3 is 2.65 bits per heavy atom. The van der Waals surface area contributed by atoms with Gasteiger partial charge in [0.2, 0.25) is 5.91 Å². The fourth-order valence-electron chi connectivity index (χ4n) is 4.88. The van der Waals surface area contributed by atoms with Crippen molar-refractivity contribution in [2.75, 3.05) is 19.7 Å². The van der Waals surface area contributed by atoms with Gasteiger partial charge in [0.05, 0.1) is 13.0 Å². The third-order valence-electron chi connectivity index (χ3n) is 6.50. The highest BCUT2D eigenvalue weighted by atomic mass is 19.1. The molecule has 2 heterocycles. The maximum Gasteiger partial charge on any atom is 0.306 e. The predicted molar refractivity (Wildman–Crippen MR) is 95.1 cm³/mol. The molecule has 1 amide bonds. The molecule has 1 aromatic carbocycles. The summed E-state index contributed by atoms with van der Waals surface area (Å²) in [6, 6.07) is 5.46. The topological polar surface area (TPSA) is 46.6 Å². The van der Waals surface area contributed by atoms with Crippen molar-refractivity contribution in [3.63, 3.8) is 0 Å². The van der Waals surface area contributed by atoms with Gasteiger partial charge in [0, 0.05) is 24.4 Å². The first-order valence-corrected chi connectivity index (χ1v) is 9.72. The van der Waals surface area contributed by atoms with Gasteiger partial charge in [-0.2, -0.15) is 0 Å². The molecule has 3 aliphatic rings. The number of rotatable bonds is 3. The van der Waals surface area contributed by atoms with Gasteiger partial charge in [-0.15, -0.1) is 0 Å². The maximum atomic E-state index is 13.7. The third kappa shape index (κ3) is 3.12. The van der Waals surface area contributed by atoms with E-state index in [2.05, 4.69) is 0 Å². The van der Waals surface area contributed by atoms with Crippen LogP contribution in [-0.2, 0) is 20.7 Å². The highest BCUT2D eigenvalue weighted by Gasteiger charge is 2.53. The first-order chi connectivity index (χ1) is 12.5. The van der Waals surface area contributed by atoms with Gasteiger partial charge in [0.25, 0.3) is 0 Å². The molecule has 26 heavy (non-hydrogen) atoms. The van der Waals surface area contributed by atoms with E-state index in [1.165, 1.54) is 5.56 Å². The minimum absolute atomic E-state index is 0.0542. The average Bonchev–Trinajstić information content (AvgIpc) is 3.03. The van der Waals surface area contributed by atoms with Crippen LogP contribution in [0, 0.1) is 17.2 Å². The first-order valence-electron chi connectivity index (χ1n) is 9.72. The number of aryl methyl sites for hydroxylation is 1. The van der Waals surface area contributed by atoms with Crippen molar-refractivity contribution in [3.8, 4) is 0 Å². The summed E-state index contributed by atoms with van der Waals surface area (Å²) < 4.78 is 18.8. The molecule has 140 valence electrons. The van der Waals surface area contributed by atoms with Crippen molar-refractivity contribution >= 4 is 11.9 Å². The SMILES string of the molecule is CCc1cc(C2CCN(C(=O)C3CC4(COC(=O)C4)C3)CC2)ccc1F. The van der Waals surface area contributed by atoms with Crippen molar-refractivity contribution in [1.82, 2.24) is 4.90 Å². The van der Waals surface area contributed by atoms with E-state index in [4.69, 9.17) is 4.74 Å². The number of piperidine rings is 1. The van der Waals surface area contributed by atoms with E-state index < -0.39 is 0 Å². The van der Waals surface area contributed by atoms with E-state index in [1.807, 2.05) is 24.0 Å². The number of ether oxygens (including phenoxy) is 1. The van der Waals surface area contributed by atoms with Gasteiger partial charge in [-0.05, 0) is 55.2 Å². The second-order valence-corrected chi connectivity index (χ2v) is 8.25. The van der Waals surface area contributed by atoms with Crippen LogP contribution in [0.2, 0.25) is 0 Å². The van der Waals surface area contributed by atoms with E-state index in [9.17, 15) is 14.0 Å². The average molecular weight is 359 g/mol. The van der Waals surface area contributed by atoms with Crippen molar-refractivity contribution in [2.45, 2.75) is 51.4 Å². The zero-order valence-corrected chi connectivity index (χ0v) is 15.3. The summed E-state index contributed by atoms with van der Waals surface area (Å²) in [7, 11) is 0. The molecular formula is C21H26FNO3. The molecule has 4 nitrogen and oxygen atoms in total. The standard InChI is InChI=1S/C21H26FNO3/c1-2-14-9-16(3-4-18(14)22)15-5-7-23(8-6-15)20(25)17-10-21(11-17)12-19(24)26-13-21/h3-4,9,15,17H,2,5-8,10-13H2,1H3. The number of cyclic esters (lactones) is 1. The van der Waals surface area contributed by atoms with Gasteiger partial charge in [0.15, 0.2) is 0 Å². The molecule has 2 aliphatic heterocycles. The summed E-state index contributed by atoms with van der Waals surface area (Å²) in [6.07, 6.45) is 4.61. The molecule has 2 saturated heterocycles. The molecule has 1 aliphatic carbocycles. The van der Waals surface area contributed by atoms with Gasteiger partial charge >= 0.3 is 5.97 Å². The Bertz CT molecular complexity index is 718. The van der Waals surface area contributed by atoms with Gasteiger partial charge in [-0.1, -0.05) is 19.1 Å². The molecule has 0 radical (unpaired) electrons. The molecule has 1 spiro atoms. The number of amides is 1. The van der Waals surface area contributed by atoms with Crippen LogP contribution in [0.4, 0.5) is 4.39 Å². The summed E-state index contributed by atoms with van der Waals surface area (Å²) in [4.78, 5) is 26.0. The van der Waals surface area contributed by atoms with E-state index in [1.54, 1.807) is 6.07 Å². The van der Waals surface area contributed by atoms with Crippen LogP contribution in [-0.4, -0.2) is 36.5 Å². The fourth-order valence-corrected chi connectivity index (χ4v) is 4.88. The Balaban J connectivity index is 1.31. The summed E-state index contributed by atoms with van der Waals surface area (Å²) in [6.45, 7) is 3.99. The Hall–Kier alpha value is -1.91. The number of likely N-dealkylation sites (tertiary alicyclic amines) is 1. The van der Waals surface area contributed by atoms with Crippen LogP contribution in [0.1, 0.15) is 56.1 Å². The summed E-state index contributed by atoms with van der Waals surface area (Å²) in [5, 5.41) is 0. The Kier molecular flexibility index (Phi) is 4.49. The minimum Gasteiger partial charge on any atom is -0.465 e. The number of carbonyl (C=O) groups is 2. The Morgan fingerprint density at radius 1 is 1.31 bits per heavy atom. The molecule has 5 heteroatoms. The molecular weight excluding hydrogens is 333 g/mol. The van der Waals surface area contributed by atoms with Gasteiger partial charge < -0.3 is 9.64 Å². The summed E-state index contributed by atoms with van der Waals surface area (Å²) in [5.41, 5.74) is 1.91. The lowest BCUT2D eigenvalue weighted by molar-refractivity contribution is -0.144. The zero-order valence-electron chi connectivity index (χ0n) is 15.3. The summed E-state index contributed by atoms with van der Waals surface area (Å²) >= 11 is 0. The normalized spacial score (nSPS) is 28.9. The number of esters is 1. The second-order valence-electron chi connectivity index (χ2n) is 8.25. The van der Waals surface area contributed by atoms with Gasteiger partial charge in [-0.3, -0.25) is 9.59 Å². The fraction of sp³-hybridized carbons (Fsp3) is 0.619. The van der Waals surface area contributed by atoms with E-state index in [0.29, 0.717) is 25.4 Å². The van der Waals surface area contributed by atoms with Crippen LogP contribution < -0.4 is 0 Å². The lowest BCUT2D eigenvalue weighted by Crippen LogP contribution is -2.49. The van der Waals surface area contributed by atoms with Crippen molar-refractivity contribution < 1.29 is 18.7 Å². The van der Waals surface area contributed by atoms with Gasteiger partial charge in [0.1, 0.15) is 5.82 Å². The van der Waals surface area contributed by atoms with Crippen LogP contribution in [0.5, 0.6) is 0 Å². The molecule has 1 aromatic rings. The minimum atomic E-state index is -0.128. The van der Waals surface area contributed by atoms with E-state index >= 15 is 0 Å². The number of benzene rings is 1. The predicted octanol–water partition coefficient (Wildman–Crippen LogP) is 3.44. The highest BCUT2D eigenvalue weighted by molar-refractivity contribution is 5.81. The molecule has 4 rings (SSSR count). The number of nitrogens with zero attached hydrogens (tertiary/aromatic N) is 1. The van der Waals surface area contributed by atoms with Crippen LogP contribution in [0.15, 0.2) is 18.2 Å². The second kappa shape index (κ2) is 6.67. The number of hydrogen-bond acceptors (Lipinski definition) is 3. The van der Waals surface area contributed by atoms with Crippen molar-refractivity contribution in [3.05, 3.63) is 35.1 Å². The number of halogens is 1. The largest absolute Gasteiger partial charge is 0.465 e. The molecule has 0 N–H and O–H groups in total. The monoisotopic (exact) mass is 359 g/mol. The quantitative estimate of drug-likeness (QED) is 0.777. The van der Waals surface area contributed by atoms with Crippen molar-refractivity contribution in [1.29, 1.82) is 0 Å². The first kappa shape index (κ1) is 17.5. The third-order valence-corrected chi connectivity index (χ3v) is 6.50. The number of carbonyl (C=O) groups excluding carboxylic acids is 2. The summed E-state index contributed by atoms with van der Waals surface area (Å²) in [5.74, 6) is 0.443. The number of hydrogen-bond donors (Lipinski definition) is 0. The smallest absolute Gasteiger partial charge is 0.306 e. The van der Waals surface area contributed by atoms with Crippen LogP contribution in [0.3, 0.4) is 0 Å². The Labute approximate surface area is 153 Å². The van der Waals surface area contributed by atoms with Crippen LogP contribution in [0.25, 0.3) is 0 Å².